The number of rotatable bonds is 4. The van der Waals surface area contributed by atoms with Crippen LogP contribution in [-0.2, 0) is 13.1 Å². The number of nitrogens with zero attached hydrogens (tertiary/aromatic N) is 3. The second-order valence-corrected chi connectivity index (χ2v) is 5.19. The van der Waals surface area contributed by atoms with Gasteiger partial charge in [0.15, 0.2) is 5.17 Å². The van der Waals surface area contributed by atoms with Crippen LogP contribution in [0.2, 0.25) is 0 Å². The predicted octanol–water partition coefficient (Wildman–Crippen LogP) is 3.43. The van der Waals surface area contributed by atoms with Crippen LogP contribution in [0.1, 0.15) is 11.1 Å². The summed E-state index contributed by atoms with van der Waals surface area (Å²) in [6, 6.07) is 14.5. The first-order chi connectivity index (χ1) is 9.83. The molecule has 0 saturated heterocycles. The van der Waals surface area contributed by atoms with Crippen molar-refractivity contribution in [1.82, 2.24) is 9.88 Å². The van der Waals surface area contributed by atoms with Gasteiger partial charge in [0.05, 0.1) is 0 Å². The fraction of sp³-hybridized carbons (Fsp3) is 0.250. The maximum absolute atomic E-state index is 4.38. The van der Waals surface area contributed by atoms with Crippen molar-refractivity contribution in [2.75, 3.05) is 13.3 Å². The van der Waals surface area contributed by atoms with Crippen molar-refractivity contribution in [2.24, 2.45) is 4.99 Å². The molecule has 1 heterocycles. The Bertz CT molecular complexity index is 499. The molecule has 0 aliphatic rings. The monoisotopic (exact) mass is 285 g/mol. The summed E-state index contributed by atoms with van der Waals surface area (Å²) < 4.78 is 0. The van der Waals surface area contributed by atoms with E-state index in [4.69, 9.17) is 0 Å². The zero-order valence-corrected chi connectivity index (χ0v) is 12.7. The molecule has 0 aliphatic carbocycles. The van der Waals surface area contributed by atoms with Crippen LogP contribution in [-0.4, -0.2) is 28.4 Å². The third-order valence-electron chi connectivity index (χ3n) is 2.96. The number of hydrogen-bond acceptors (Lipinski definition) is 3. The maximum Gasteiger partial charge on any atom is 0.159 e. The summed E-state index contributed by atoms with van der Waals surface area (Å²) in [5.41, 5.74) is 2.48. The summed E-state index contributed by atoms with van der Waals surface area (Å²) in [6.07, 6.45) is 5.77. The van der Waals surface area contributed by atoms with Gasteiger partial charge in [-0.15, -0.1) is 0 Å². The molecular formula is C16H19N3S. The van der Waals surface area contributed by atoms with Crippen LogP contribution in [0.15, 0.2) is 59.9 Å². The fourth-order valence-corrected chi connectivity index (χ4v) is 2.64. The Labute approximate surface area is 124 Å². The lowest BCUT2D eigenvalue weighted by Gasteiger charge is -2.25. The van der Waals surface area contributed by atoms with Crippen LogP contribution in [0.4, 0.5) is 0 Å². The molecule has 20 heavy (non-hydrogen) atoms. The number of aliphatic imine (C=N–C) groups is 1. The summed E-state index contributed by atoms with van der Waals surface area (Å²) in [6.45, 7) is 1.67. The number of hydrogen-bond donors (Lipinski definition) is 0. The number of aromatic nitrogens is 1. The second-order valence-electron chi connectivity index (χ2n) is 4.41. The molecule has 2 rings (SSSR count). The molecule has 0 spiro atoms. The van der Waals surface area contributed by atoms with Crippen molar-refractivity contribution in [2.45, 2.75) is 13.1 Å². The molecule has 0 N–H and O–H groups in total. The molecule has 0 bridgehead atoms. The minimum Gasteiger partial charge on any atom is -0.343 e. The van der Waals surface area contributed by atoms with Gasteiger partial charge in [-0.1, -0.05) is 48.2 Å². The Morgan fingerprint density at radius 1 is 1.10 bits per heavy atom. The van der Waals surface area contributed by atoms with E-state index < -0.39 is 0 Å². The smallest absolute Gasteiger partial charge is 0.159 e. The van der Waals surface area contributed by atoms with Gasteiger partial charge in [0.2, 0.25) is 0 Å². The van der Waals surface area contributed by atoms with E-state index in [-0.39, 0.29) is 0 Å². The molecule has 0 amide bonds. The Balaban J connectivity index is 2.17. The Hall–Kier alpha value is -1.81. The lowest BCUT2D eigenvalue weighted by molar-refractivity contribution is 0.414. The number of thioether (sulfide) groups is 1. The Morgan fingerprint density at radius 3 is 2.40 bits per heavy atom. The van der Waals surface area contributed by atoms with Crippen LogP contribution in [0.3, 0.4) is 0 Å². The highest BCUT2D eigenvalue weighted by Crippen LogP contribution is 2.14. The van der Waals surface area contributed by atoms with E-state index >= 15 is 0 Å². The Kier molecular flexibility index (Phi) is 5.62. The topological polar surface area (TPSA) is 28.5 Å². The lowest BCUT2D eigenvalue weighted by atomic mass is 10.2. The van der Waals surface area contributed by atoms with Crippen LogP contribution in [0, 0.1) is 0 Å². The quantitative estimate of drug-likeness (QED) is 0.636. The van der Waals surface area contributed by atoms with E-state index in [2.05, 4.69) is 51.5 Å². The van der Waals surface area contributed by atoms with Gasteiger partial charge in [-0.3, -0.25) is 9.98 Å². The third kappa shape index (κ3) is 4.10. The van der Waals surface area contributed by atoms with Crippen molar-refractivity contribution in [3.8, 4) is 0 Å². The first-order valence-corrected chi connectivity index (χ1v) is 7.74. The SMILES string of the molecule is CN=C(SC)N(Cc1ccccc1)Cc1cccnc1. The van der Waals surface area contributed by atoms with E-state index in [1.165, 1.54) is 11.1 Å². The van der Waals surface area contributed by atoms with Crippen molar-refractivity contribution < 1.29 is 0 Å². The summed E-state index contributed by atoms with van der Waals surface area (Å²) in [7, 11) is 1.84. The van der Waals surface area contributed by atoms with E-state index in [0.717, 1.165) is 18.3 Å². The molecule has 4 heteroatoms. The molecule has 0 radical (unpaired) electrons. The largest absolute Gasteiger partial charge is 0.343 e. The summed E-state index contributed by atoms with van der Waals surface area (Å²) in [5.74, 6) is 0. The molecule has 1 aromatic heterocycles. The van der Waals surface area contributed by atoms with Crippen molar-refractivity contribution in [3.05, 3.63) is 66.0 Å². The molecule has 0 unspecified atom stereocenters. The summed E-state index contributed by atoms with van der Waals surface area (Å²) in [5, 5.41) is 1.04. The summed E-state index contributed by atoms with van der Waals surface area (Å²) >= 11 is 1.67. The van der Waals surface area contributed by atoms with Crippen molar-refractivity contribution >= 4 is 16.9 Å². The van der Waals surface area contributed by atoms with Gasteiger partial charge in [0, 0.05) is 32.5 Å². The molecule has 1 aromatic carbocycles. The van der Waals surface area contributed by atoms with Gasteiger partial charge < -0.3 is 4.90 Å². The standard InChI is InChI=1S/C16H19N3S/c1-17-16(20-2)19(12-14-7-4-3-5-8-14)13-15-9-6-10-18-11-15/h3-11H,12-13H2,1-2H3. The van der Waals surface area contributed by atoms with E-state index in [1.807, 2.05) is 25.4 Å². The van der Waals surface area contributed by atoms with Crippen LogP contribution >= 0.6 is 11.8 Å². The first-order valence-electron chi connectivity index (χ1n) is 6.52. The van der Waals surface area contributed by atoms with Gasteiger partial charge in [0.1, 0.15) is 0 Å². The van der Waals surface area contributed by atoms with Crippen LogP contribution < -0.4 is 0 Å². The molecule has 0 saturated carbocycles. The van der Waals surface area contributed by atoms with Gasteiger partial charge in [-0.2, -0.15) is 0 Å². The van der Waals surface area contributed by atoms with Gasteiger partial charge >= 0.3 is 0 Å². The molecule has 3 nitrogen and oxygen atoms in total. The molecule has 0 fully saturated rings. The average Bonchev–Trinajstić information content (AvgIpc) is 2.50. The minimum absolute atomic E-state index is 0.816. The fourth-order valence-electron chi connectivity index (χ4n) is 2.07. The first kappa shape index (κ1) is 14.6. The highest BCUT2D eigenvalue weighted by molar-refractivity contribution is 8.13. The molecule has 0 aliphatic heterocycles. The molecule has 0 atom stereocenters. The number of pyridine rings is 1. The third-order valence-corrected chi connectivity index (χ3v) is 3.76. The number of amidine groups is 1. The van der Waals surface area contributed by atoms with Gasteiger partial charge in [-0.25, -0.2) is 0 Å². The highest BCUT2D eigenvalue weighted by atomic mass is 32.2. The molecule has 2 aromatic rings. The van der Waals surface area contributed by atoms with Crippen molar-refractivity contribution in [3.63, 3.8) is 0 Å². The highest BCUT2D eigenvalue weighted by Gasteiger charge is 2.11. The zero-order valence-electron chi connectivity index (χ0n) is 11.9. The minimum atomic E-state index is 0.816. The van der Waals surface area contributed by atoms with E-state index in [1.54, 1.807) is 18.0 Å². The maximum atomic E-state index is 4.38. The predicted molar refractivity (Wildman–Crippen MR) is 86.8 cm³/mol. The number of benzene rings is 1. The lowest BCUT2D eigenvalue weighted by Crippen LogP contribution is -2.27. The van der Waals surface area contributed by atoms with Gasteiger partial charge in [0.25, 0.3) is 0 Å². The molecule has 104 valence electrons. The molecular weight excluding hydrogens is 266 g/mol. The second kappa shape index (κ2) is 7.70. The summed E-state index contributed by atoms with van der Waals surface area (Å²) in [4.78, 5) is 10.8. The van der Waals surface area contributed by atoms with Gasteiger partial charge in [-0.05, 0) is 23.4 Å². The average molecular weight is 285 g/mol. The Morgan fingerprint density at radius 2 is 1.80 bits per heavy atom. The zero-order chi connectivity index (χ0) is 14.2. The normalized spacial score (nSPS) is 11.4. The van der Waals surface area contributed by atoms with E-state index in [9.17, 15) is 0 Å². The van der Waals surface area contributed by atoms with Crippen LogP contribution in [0.5, 0.6) is 0 Å². The van der Waals surface area contributed by atoms with Crippen molar-refractivity contribution in [1.29, 1.82) is 0 Å². The van der Waals surface area contributed by atoms with E-state index in [0.29, 0.717) is 0 Å². The van der Waals surface area contributed by atoms with Crippen LogP contribution in [0.25, 0.3) is 0 Å².